The average Bonchev–Trinajstić information content (AvgIpc) is 3.37. The molecule has 0 bridgehead atoms. The molecule has 2 atom stereocenters. The predicted molar refractivity (Wildman–Crippen MR) is 132 cm³/mol. The molecule has 3 aromatic rings. The van der Waals surface area contributed by atoms with Crippen molar-refractivity contribution in [2.45, 2.75) is 23.8 Å². The molecule has 1 saturated heterocycles. The van der Waals surface area contributed by atoms with Crippen molar-refractivity contribution in [3.8, 4) is 5.75 Å². The standard InChI is InChI=1S/C26H25N3O5S/c27-25(32)21-16-18(13-14-23(21)30)24(31)17-28(19-8-3-1-4-9-19)26(33)22-12-7-15-29(22)35(34)20-10-5-2-6-11-20/h1-6,8-11,13-14,16,22,30H,7,12,15,17H2,(H2,27,32). The molecule has 1 aliphatic rings. The Morgan fingerprint density at radius 2 is 1.66 bits per heavy atom. The summed E-state index contributed by atoms with van der Waals surface area (Å²) in [5.74, 6) is -1.95. The minimum absolute atomic E-state index is 0.140. The van der Waals surface area contributed by atoms with Crippen LogP contribution in [0.5, 0.6) is 5.75 Å². The van der Waals surface area contributed by atoms with Gasteiger partial charge in [-0.25, -0.2) is 8.51 Å². The number of benzene rings is 3. The summed E-state index contributed by atoms with van der Waals surface area (Å²) >= 11 is 0. The van der Waals surface area contributed by atoms with Gasteiger partial charge >= 0.3 is 0 Å². The van der Waals surface area contributed by atoms with Gasteiger partial charge in [0.15, 0.2) is 5.78 Å². The number of ketones is 1. The first kappa shape index (κ1) is 24.3. The molecule has 35 heavy (non-hydrogen) atoms. The van der Waals surface area contributed by atoms with Gasteiger partial charge in [0.2, 0.25) is 5.91 Å². The van der Waals surface area contributed by atoms with Crippen LogP contribution >= 0.6 is 0 Å². The molecule has 0 saturated carbocycles. The zero-order chi connectivity index (χ0) is 24.9. The van der Waals surface area contributed by atoms with Crippen molar-refractivity contribution in [3.05, 3.63) is 90.0 Å². The Balaban J connectivity index is 1.63. The van der Waals surface area contributed by atoms with Crippen molar-refractivity contribution in [2.24, 2.45) is 5.73 Å². The lowest BCUT2D eigenvalue weighted by Gasteiger charge is -2.29. The van der Waals surface area contributed by atoms with Crippen molar-refractivity contribution in [3.63, 3.8) is 0 Å². The fraction of sp³-hybridized carbons (Fsp3) is 0.192. The Morgan fingerprint density at radius 3 is 2.31 bits per heavy atom. The van der Waals surface area contributed by atoms with Gasteiger partial charge in [-0.15, -0.1) is 0 Å². The number of amides is 2. The quantitative estimate of drug-likeness (QED) is 0.470. The smallest absolute Gasteiger partial charge is 0.252 e. The lowest BCUT2D eigenvalue weighted by Crippen LogP contribution is -2.48. The maximum absolute atomic E-state index is 13.8. The van der Waals surface area contributed by atoms with E-state index in [0.717, 1.165) is 0 Å². The number of hydrogen-bond acceptors (Lipinski definition) is 5. The van der Waals surface area contributed by atoms with Gasteiger partial charge in [0, 0.05) is 17.8 Å². The summed E-state index contributed by atoms with van der Waals surface area (Å²) in [6, 6.07) is 20.9. The van der Waals surface area contributed by atoms with E-state index in [-0.39, 0.29) is 29.3 Å². The second-order valence-corrected chi connectivity index (χ2v) is 9.58. The highest BCUT2D eigenvalue weighted by atomic mass is 32.2. The van der Waals surface area contributed by atoms with Crippen molar-refractivity contribution in [2.75, 3.05) is 18.0 Å². The molecule has 8 nitrogen and oxygen atoms in total. The number of carbonyl (C=O) groups excluding carboxylic acids is 3. The van der Waals surface area contributed by atoms with E-state index in [1.807, 2.05) is 6.07 Å². The first-order chi connectivity index (χ1) is 16.9. The molecule has 3 N–H and O–H groups in total. The third-order valence-electron chi connectivity index (χ3n) is 5.87. The molecule has 2 amide bonds. The van der Waals surface area contributed by atoms with Crippen molar-refractivity contribution in [1.82, 2.24) is 4.31 Å². The van der Waals surface area contributed by atoms with Gasteiger partial charge in [-0.2, -0.15) is 0 Å². The predicted octanol–water partition coefficient (Wildman–Crippen LogP) is 2.89. The zero-order valence-electron chi connectivity index (χ0n) is 18.9. The summed E-state index contributed by atoms with van der Waals surface area (Å²) in [4.78, 5) is 40.5. The summed E-state index contributed by atoms with van der Waals surface area (Å²) in [5.41, 5.74) is 5.78. The number of anilines is 1. The second kappa shape index (κ2) is 10.6. The summed E-state index contributed by atoms with van der Waals surface area (Å²) < 4.78 is 14.9. The van der Waals surface area contributed by atoms with Gasteiger partial charge in [-0.1, -0.05) is 36.4 Å². The maximum atomic E-state index is 13.8. The van der Waals surface area contributed by atoms with E-state index in [4.69, 9.17) is 5.73 Å². The summed E-state index contributed by atoms with van der Waals surface area (Å²) in [7, 11) is -1.52. The van der Waals surface area contributed by atoms with Gasteiger partial charge < -0.3 is 15.7 Å². The number of hydrogen-bond donors (Lipinski definition) is 2. The van der Waals surface area contributed by atoms with Crippen LogP contribution in [0.1, 0.15) is 33.6 Å². The number of primary amides is 1. The van der Waals surface area contributed by atoms with Crippen LogP contribution in [0, 0.1) is 0 Å². The Kier molecular flexibility index (Phi) is 7.38. The molecule has 1 fully saturated rings. The van der Waals surface area contributed by atoms with Gasteiger partial charge in [0.25, 0.3) is 5.91 Å². The van der Waals surface area contributed by atoms with E-state index in [1.54, 1.807) is 58.9 Å². The number of para-hydroxylation sites is 1. The molecular formula is C26H25N3O5S. The number of aromatic hydroxyl groups is 1. The van der Waals surface area contributed by atoms with Crippen LogP contribution in [0.3, 0.4) is 0 Å². The number of rotatable bonds is 8. The normalized spacial score (nSPS) is 16.5. The molecule has 0 aromatic heterocycles. The molecule has 1 aliphatic heterocycles. The van der Waals surface area contributed by atoms with E-state index < -0.39 is 28.7 Å². The Labute approximate surface area is 205 Å². The number of nitrogens with zero attached hydrogens (tertiary/aromatic N) is 2. The number of Topliss-reactive ketones (excluding diaryl/α,β-unsaturated/α-hetero) is 1. The highest BCUT2D eigenvalue weighted by molar-refractivity contribution is 7.82. The fourth-order valence-electron chi connectivity index (χ4n) is 4.08. The molecular weight excluding hydrogens is 466 g/mol. The Bertz CT molecular complexity index is 1270. The summed E-state index contributed by atoms with van der Waals surface area (Å²) in [6.45, 7) is 0.197. The topological polar surface area (TPSA) is 121 Å². The maximum Gasteiger partial charge on any atom is 0.252 e. The molecule has 1 heterocycles. The molecule has 0 spiro atoms. The summed E-state index contributed by atoms with van der Waals surface area (Å²) in [6.07, 6.45) is 1.21. The highest BCUT2D eigenvalue weighted by Gasteiger charge is 2.38. The van der Waals surface area contributed by atoms with E-state index in [2.05, 4.69) is 0 Å². The van der Waals surface area contributed by atoms with E-state index in [1.165, 1.54) is 23.1 Å². The molecule has 9 heteroatoms. The second-order valence-electron chi connectivity index (χ2n) is 8.14. The van der Waals surface area contributed by atoms with Gasteiger partial charge in [0.05, 0.1) is 17.0 Å². The minimum Gasteiger partial charge on any atom is -0.507 e. The lowest BCUT2D eigenvalue weighted by atomic mass is 10.0. The molecule has 0 aliphatic carbocycles. The minimum atomic E-state index is -1.52. The van der Waals surface area contributed by atoms with Crippen LogP contribution in [-0.4, -0.2) is 50.3 Å². The van der Waals surface area contributed by atoms with Gasteiger partial charge in [-0.3, -0.25) is 14.4 Å². The SMILES string of the molecule is NC(=O)c1cc(C(=O)CN(C(=O)C2CCCN2S(=O)c2ccccc2)c2ccccc2)ccc1O. The third kappa shape index (κ3) is 5.31. The number of nitrogens with two attached hydrogens (primary N) is 1. The first-order valence-electron chi connectivity index (χ1n) is 11.1. The number of carbonyl (C=O) groups is 3. The highest BCUT2D eigenvalue weighted by Crippen LogP contribution is 2.27. The van der Waals surface area contributed by atoms with Crippen LogP contribution < -0.4 is 10.6 Å². The lowest BCUT2D eigenvalue weighted by molar-refractivity contribution is -0.121. The number of phenols is 1. The zero-order valence-corrected chi connectivity index (χ0v) is 19.7. The molecule has 0 radical (unpaired) electrons. The Hall–Kier alpha value is -3.82. The van der Waals surface area contributed by atoms with Crippen molar-refractivity contribution >= 4 is 34.3 Å². The molecule has 4 rings (SSSR count). The largest absolute Gasteiger partial charge is 0.507 e. The van der Waals surface area contributed by atoms with Crippen LogP contribution in [-0.2, 0) is 15.8 Å². The Morgan fingerprint density at radius 1 is 1.00 bits per heavy atom. The van der Waals surface area contributed by atoms with Crippen LogP contribution in [0.2, 0.25) is 0 Å². The van der Waals surface area contributed by atoms with Gasteiger partial charge in [0.1, 0.15) is 22.8 Å². The first-order valence-corrected chi connectivity index (χ1v) is 12.2. The van der Waals surface area contributed by atoms with Gasteiger partial charge in [-0.05, 0) is 55.3 Å². The van der Waals surface area contributed by atoms with Crippen LogP contribution in [0.4, 0.5) is 5.69 Å². The van der Waals surface area contributed by atoms with E-state index in [0.29, 0.717) is 30.0 Å². The van der Waals surface area contributed by atoms with E-state index >= 15 is 0 Å². The van der Waals surface area contributed by atoms with Crippen molar-refractivity contribution in [1.29, 1.82) is 0 Å². The third-order valence-corrected chi connectivity index (χ3v) is 7.40. The summed E-state index contributed by atoms with van der Waals surface area (Å²) in [5, 5.41) is 9.84. The van der Waals surface area contributed by atoms with Crippen LogP contribution in [0.25, 0.3) is 0 Å². The van der Waals surface area contributed by atoms with Crippen molar-refractivity contribution < 1.29 is 23.7 Å². The fourth-order valence-corrected chi connectivity index (χ4v) is 5.47. The molecule has 180 valence electrons. The van der Waals surface area contributed by atoms with E-state index in [9.17, 15) is 23.7 Å². The average molecular weight is 492 g/mol. The molecule has 3 aromatic carbocycles. The monoisotopic (exact) mass is 491 g/mol. The van der Waals surface area contributed by atoms with Crippen LogP contribution in [0.15, 0.2) is 83.8 Å². The molecule has 2 unspecified atom stereocenters.